The Labute approximate surface area is 141 Å². The van der Waals surface area contributed by atoms with Crippen LogP contribution in [0.4, 0.5) is 5.69 Å². The van der Waals surface area contributed by atoms with Crippen LogP contribution in [-0.2, 0) is 19.9 Å². The van der Waals surface area contributed by atoms with Crippen LogP contribution in [0, 0.1) is 6.92 Å². The number of hydrogen-bond acceptors (Lipinski definition) is 5. The second kappa shape index (κ2) is 7.97. The van der Waals surface area contributed by atoms with Gasteiger partial charge in [0, 0.05) is 17.4 Å². The Morgan fingerprint density at radius 3 is 2.39 bits per heavy atom. The van der Waals surface area contributed by atoms with Gasteiger partial charge in [0.25, 0.3) is 0 Å². The molecule has 23 heavy (non-hydrogen) atoms. The molecule has 0 amide bonds. The summed E-state index contributed by atoms with van der Waals surface area (Å²) in [5.74, 6) is 0. The van der Waals surface area contributed by atoms with E-state index in [0.29, 0.717) is 22.2 Å². The summed E-state index contributed by atoms with van der Waals surface area (Å²) in [5.41, 5.74) is 7.37. The van der Waals surface area contributed by atoms with E-state index in [4.69, 9.17) is 14.8 Å². The van der Waals surface area contributed by atoms with Gasteiger partial charge in [-0.25, -0.2) is 0 Å². The monoisotopic (exact) mass is 360 g/mol. The van der Waals surface area contributed by atoms with E-state index in [2.05, 4.69) is 0 Å². The molecule has 0 fully saturated rings. The minimum Gasteiger partial charge on any atom is -0.398 e. The molecule has 1 aromatic carbocycles. The summed E-state index contributed by atoms with van der Waals surface area (Å²) in [6.45, 7) is 5.81. The lowest BCUT2D eigenvalue weighted by Gasteiger charge is -2.20. The molecule has 0 aliphatic rings. The van der Waals surface area contributed by atoms with E-state index in [0.717, 1.165) is 0 Å². The predicted octanol–water partition coefficient (Wildman–Crippen LogP) is 3.54. The highest BCUT2D eigenvalue weighted by Crippen LogP contribution is 2.50. The number of anilines is 1. The fourth-order valence-electron chi connectivity index (χ4n) is 2.42. The summed E-state index contributed by atoms with van der Waals surface area (Å²) in [6, 6.07) is 5.21. The Bertz CT molecular complexity index is 781. The van der Waals surface area contributed by atoms with Crippen LogP contribution in [-0.4, -0.2) is 17.8 Å². The number of nitrogens with two attached hydrogens (primary N) is 1. The molecule has 1 aromatic heterocycles. The molecule has 0 bridgehead atoms. The van der Waals surface area contributed by atoms with Crippen molar-refractivity contribution in [1.29, 1.82) is 0 Å². The molecule has 2 N–H and O–H groups in total. The standard InChI is InChI=1S/C15H21N2O4P.ClH/c1-4-20-22(19,21-5-2)10-17-9-11(3)15(18)14-12(16)7-6-8-13(14)17;/h6-9H,4-5,10,16H2,1-3H3;1H. The smallest absolute Gasteiger partial charge is 0.350 e. The van der Waals surface area contributed by atoms with Gasteiger partial charge in [0.2, 0.25) is 0 Å². The number of pyridine rings is 1. The minimum atomic E-state index is -3.28. The van der Waals surface area contributed by atoms with Crippen LogP contribution in [0.15, 0.2) is 29.2 Å². The molecule has 0 atom stereocenters. The maximum absolute atomic E-state index is 12.7. The van der Waals surface area contributed by atoms with Crippen molar-refractivity contribution in [3.8, 4) is 0 Å². The Morgan fingerprint density at radius 2 is 1.83 bits per heavy atom. The average molecular weight is 361 g/mol. The highest BCUT2D eigenvalue weighted by molar-refractivity contribution is 7.52. The van der Waals surface area contributed by atoms with E-state index in [1.807, 2.05) is 0 Å². The number of benzene rings is 1. The Kier molecular flexibility index (Phi) is 6.84. The molecule has 0 unspecified atom stereocenters. The minimum absolute atomic E-state index is 0. The van der Waals surface area contributed by atoms with Crippen molar-refractivity contribution in [1.82, 2.24) is 4.57 Å². The quantitative estimate of drug-likeness (QED) is 0.629. The maximum atomic E-state index is 12.7. The van der Waals surface area contributed by atoms with Gasteiger partial charge in [-0.2, -0.15) is 0 Å². The lowest BCUT2D eigenvalue weighted by Crippen LogP contribution is -2.15. The third-order valence-electron chi connectivity index (χ3n) is 3.30. The van der Waals surface area contributed by atoms with Crippen molar-refractivity contribution < 1.29 is 13.6 Å². The summed E-state index contributed by atoms with van der Waals surface area (Å²) >= 11 is 0. The van der Waals surface area contributed by atoms with Gasteiger partial charge in [0.1, 0.15) is 6.29 Å². The number of rotatable bonds is 6. The fourth-order valence-corrected chi connectivity index (χ4v) is 4.05. The molecule has 128 valence electrons. The normalized spacial score (nSPS) is 11.4. The number of fused-ring (bicyclic) bond motifs is 1. The van der Waals surface area contributed by atoms with Gasteiger partial charge in [-0.1, -0.05) is 6.07 Å². The van der Waals surface area contributed by atoms with E-state index in [9.17, 15) is 9.36 Å². The molecule has 0 saturated carbocycles. The first-order valence-electron chi connectivity index (χ1n) is 7.18. The van der Waals surface area contributed by atoms with Crippen LogP contribution in [0.5, 0.6) is 0 Å². The van der Waals surface area contributed by atoms with Crippen LogP contribution < -0.4 is 11.2 Å². The van der Waals surface area contributed by atoms with Gasteiger partial charge in [-0.15, -0.1) is 12.4 Å². The van der Waals surface area contributed by atoms with E-state index in [1.165, 1.54) is 0 Å². The first-order valence-corrected chi connectivity index (χ1v) is 8.91. The van der Waals surface area contributed by atoms with Gasteiger partial charge in [-0.05, 0) is 32.9 Å². The number of halogens is 1. The molecular formula is C15H22ClN2O4P. The van der Waals surface area contributed by atoms with Crippen molar-refractivity contribution >= 4 is 36.6 Å². The SMILES string of the molecule is CCOP(=O)(Cn1cc(C)c(=O)c2c(N)cccc21)OCC.Cl. The summed E-state index contributed by atoms with van der Waals surface area (Å²) in [7, 11) is -3.28. The Hall–Kier alpha value is -1.33. The van der Waals surface area contributed by atoms with Gasteiger partial charge in [0.15, 0.2) is 5.43 Å². The molecule has 0 aliphatic heterocycles. The molecule has 0 saturated heterocycles. The lowest BCUT2D eigenvalue weighted by molar-refractivity contribution is 0.214. The zero-order valence-electron chi connectivity index (χ0n) is 13.4. The van der Waals surface area contributed by atoms with Crippen molar-refractivity contribution in [2.75, 3.05) is 18.9 Å². The molecule has 1 heterocycles. The molecular weight excluding hydrogens is 339 g/mol. The van der Waals surface area contributed by atoms with Crippen molar-refractivity contribution in [3.63, 3.8) is 0 Å². The lowest BCUT2D eigenvalue weighted by atomic mass is 10.1. The van der Waals surface area contributed by atoms with Gasteiger partial charge < -0.3 is 19.3 Å². The van der Waals surface area contributed by atoms with Crippen LogP contribution in [0.25, 0.3) is 10.9 Å². The number of aromatic nitrogens is 1. The summed E-state index contributed by atoms with van der Waals surface area (Å²) in [6.07, 6.45) is 1.70. The van der Waals surface area contributed by atoms with E-state index in [1.54, 1.807) is 49.7 Å². The topological polar surface area (TPSA) is 83.5 Å². The van der Waals surface area contributed by atoms with Gasteiger partial charge in [0.05, 0.1) is 24.1 Å². The first-order chi connectivity index (χ1) is 10.4. The molecule has 0 radical (unpaired) electrons. The van der Waals surface area contributed by atoms with Crippen molar-refractivity contribution in [2.45, 2.75) is 27.1 Å². The van der Waals surface area contributed by atoms with Crippen LogP contribution >= 0.6 is 20.0 Å². The predicted molar refractivity (Wildman–Crippen MR) is 95.5 cm³/mol. The number of hydrogen-bond donors (Lipinski definition) is 1. The van der Waals surface area contributed by atoms with Crippen molar-refractivity contribution in [3.05, 3.63) is 40.2 Å². The highest BCUT2D eigenvalue weighted by Gasteiger charge is 2.25. The first kappa shape index (κ1) is 19.7. The molecule has 2 aromatic rings. The number of nitrogen functional groups attached to an aromatic ring is 1. The summed E-state index contributed by atoms with van der Waals surface area (Å²) in [5, 5.41) is 0.432. The third kappa shape index (κ3) is 4.15. The average Bonchev–Trinajstić information content (AvgIpc) is 2.44. The van der Waals surface area contributed by atoms with E-state index in [-0.39, 0.29) is 37.3 Å². The van der Waals surface area contributed by atoms with E-state index >= 15 is 0 Å². The maximum Gasteiger partial charge on any atom is 0.350 e. The van der Waals surface area contributed by atoms with Crippen molar-refractivity contribution in [2.24, 2.45) is 0 Å². The molecule has 2 rings (SSSR count). The number of aryl methyl sites for hydroxylation is 1. The third-order valence-corrected chi connectivity index (χ3v) is 5.25. The highest BCUT2D eigenvalue weighted by atomic mass is 35.5. The van der Waals surface area contributed by atoms with Crippen LogP contribution in [0.3, 0.4) is 0 Å². The van der Waals surface area contributed by atoms with Crippen LogP contribution in [0.2, 0.25) is 0 Å². The zero-order chi connectivity index (χ0) is 16.3. The zero-order valence-corrected chi connectivity index (χ0v) is 15.2. The van der Waals surface area contributed by atoms with Crippen LogP contribution in [0.1, 0.15) is 19.4 Å². The summed E-state index contributed by atoms with van der Waals surface area (Å²) in [4.78, 5) is 12.3. The number of nitrogens with zero attached hydrogens (tertiary/aromatic N) is 1. The summed E-state index contributed by atoms with van der Waals surface area (Å²) < 4.78 is 25.1. The van der Waals surface area contributed by atoms with Gasteiger partial charge in [-0.3, -0.25) is 9.36 Å². The van der Waals surface area contributed by atoms with E-state index < -0.39 is 7.60 Å². The molecule has 0 aliphatic carbocycles. The molecule has 6 nitrogen and oxygen atoms in total. The Balaban J connectivity index is 0.00000264. The Morgan fingerprint density at radius 1 is 1.22 bits per heavy atom. The molecule has 8 heteroatoms. The molecule has 0 spiro atoms. The van der Waals surface area contributed by atoms with Gasteiger partial charge >= 0.3 is 7.60 Å². The second-order valence-electron chi connectivity index (χ2n) is 4.94. The second-order valence-corrected chi connectivity index (χ2v) is 6.96. The fraction of sp³-hybridized carbons (Fsp3) is 0.400. The largest absolute Gasteiger partial charge is 0.398 e.